The fourth-order valence-electron chi connectivity index (χ4n) is 4.00. The second kappa shape index (κ2) is 7.67. The minimum Gasteiger partial charge on any atom is -0.325 e. The lowest BCUT2D eigenvalue weighted by Crippen LogP contribution is -2.04. The smallest absolute Gasteiger partial charge is 0.0975 e. The van der Waals surface area contributed by atoms with Crippen LogP contribution < -0.4 is 11.5 Å². The summed E-state index contributed by atoms with van der Waals surface area (Å²) in [7, 11) is 0. The van der Waals surface area contributed by atoms with Crippen molar-refractivity contribution in [3.8, 4) is 22.3 Å². The number of nitrogens with two attached hydrogens (primary N) is 2. The van der Waals surface area contributed by atoms with Crippen molar-refractivity contribution in [3.63, 3.8) is 0 Å². The van der Waals surface area contributed by atoms with Gasteiger partial charge in [-0.25, -0.2) is 9.97 Å². The van der Waals surface area contributed by atoms with Crippen molar-refractivity contribution in [3.05, 3.63) is 96.3 Å². The molecule has 2 aromatic heterocycles. The Morgan fingerprint density at radius 2 is 0.933 bits per heavy atom. The summed E-state index contributed by atoms with van der Waals surface area (Å²) >= 11 is 0. The van der Waals surface area contributed by atoms with Crippen LogP contribution >= 0.6 is 0 Å². The maximum absolute atomic E-state index is 6.01. The largest absolute Gasteiger partial charge is 0.325 e. The highest BCUT2D eigenvalue weighted by atomic mass is 14.8. The van der Waals surface area contributed by atoms with Crippen LogP contribution in [0.15, 0.2) is 84.9 Å². The molecule has 0 atom stereocenters. The van der Waals surface area contributed by atoms with Crippen LogP contribution in [0.3, 0.4) is 0 Å². The fraction of sp³-hybridized carbons (Fsp3) is 0.0769. The molecule has 4 N–H and O–H groups in total. The van der Waals surface area contributed by atoms with Crippen LogP contribution in [0.5, 0.6) is 0 Å². The lowest BCUT2D eigenvalue weighted by Gasteiger charge is -2.14. The van der Waals surface area contributed by atoms with E-state index >= 15 is 0 Å². The number of aromatic nitrogens is 2. The lowest BCUT2D eigenvalue weighted by molar-refractivity contribution is 0.999. The minimum atomic E-state index is 0.369. The van der Waals surface area contributed by atoms with Crippen LogP contribution in [0.2, 0.25) is 0 Å². The Kier molecular flexibility index (Phi) is 4.71. The van der Waals surface area contributed by atoms with Crippen LogP contribution in [-0.2, 0) is 13.1 Å². The molecule has 0 unspecified atom stereocenters. The van der Waals surface area contributed by atoms with E-state index in [1.54, 1.807) is 0 Å². The predicted molar refractivity (Wildman–Crippen MR) is 124 cm³/mol. The van der Waals surface area contributed by atoms with Gasteiger partial charge in [-0.3, -0.25) is 0 Å². The molecule has 0 fully saturated rings. The monoisotopic (exact) mass is 390 g/mol. The van der Waals surface area contributed by atoms with E-state index in [0.29, 0.717) is 13.1 Å². The van der Waals surface area contributed by atoms with Gasteiger partial charge in [0, 0.05) is 23.9 Å². The first-order chi connectivity index (χ1) is 14.8. The Morgan fingerprint density at radius 3 is 1.30 bits per heavy atom. The minimum absolute atomic E-state index is 0.369. The quantitative estimate of drug-likeness (QED) is 0.422. The predicted octanol–water partition coefficient (Wildman–Crippen LogP) is 5.03. The van der Waals surface area contributed by atoms with Crippen LogP contribution in [-0.4, -0.2) is 9.97 Å². The summed E-state index contributed by atoms with van der Waals surface area (Å²) in [6.45, 7) is 0.739. The van der Waals surface area contributed by atoms with Gasteiger partial charge in [-0.05, 0) is 34.4 Å². The summed E-state index contributed by atoms with van der Waals surface area (Å²) in [6.07, 6.45) is 0. The van der Waals surface area contributed by atoms with E-state index in [2.05, 4.69) is 48.5 Å². The lowest BCUT2D eigenvalue weighted by atomic mass is 9.95. The van der Waals surface area contributed by atoms with Crippen LogP contribution in [0, 0.1) is 0 Å². The standard InChI is InChI=1S/C26H22N4/c27-15-19-13-23(17-7-3-1-4-8-17)21-11-12-22-24(18-9-5-2-6-10-18)14-20(16-28)30-26(22)25(21)29-19/h1-14H,15-16,27-28H2. The molecule has 4 heteroatoms. The Hall–Kier alpha value is -3.60. The molecular weight excluding hydrogens is 368 g/mol. The third-order valence-electron chi connectivity index (χ3n) is 5.45. The van der Waals surface area contributed by atoms with E-state index in [1.165, 1.54) is 0 Å². The molecule has 2 heterocycles. The van der Waals surface area contributed by atoms with Crippen LogP contribution in [0.1, 0.15) is 11.4 Å². The highest BCUT2D eigenvalue weighted by molar-refractivity contribution is 6.12. The maximum Gasteiger partial charge on any atom is 0.0975 e. The zero-order chi connectivity index (χ0) is 20.5. The average molecular weight is 390 g/mol. The average Bonchev–Trinajstić information content (AvgIpc) is 2.83. The summed E-state index contributed by atoms with van der Waals surface area (Å²) in [5, 5.41) is 2.12. The first-order valence-corrected chi connectivity index (χ1v) is 10.1. The van der Waals surface area contributed by atoms with Crippen molar-refractivity contribution < 1.29 is 0 Å². The number of fused-ring (bicyclic) bond motifs is 3. The third-order valence-corrected chi connectivity index (χ3v) is 5.45. The number of hydrogen-bond donors (Lipinski definition) is 2. The first kappa shape index (κ1) is 18.4. The van der Waals surface area contributed by atoms with Gasteiger partial charge in [0.15, 0.2) is 0 Å². The molecule has 0 radical (unpaired) electrons. The van der Waals surface area contributed by atoms with Crippen molar-refractivity contribution in [1.82, 2.24) is 9.97 Å². The van der Waals surface area contributed by atoms with Gasteiger partial charge in [-0.15, -0.1) is 0 Å². The van der Waals surface area contributed by atoms with E-state index in [1.807, 2.05) is 36.4 Å². The topological polar surface area (TPSA) is 77.8 Å². The molecule has 4 nitrogen and oxygen atoms in total. The molecule has 0 aliphatic heterocycles. The van der Waals surface area contributed by atoms with Crippen LogP contribution in [0.4, 0.5) is 0 Å². The SMILES string of the molecule is NCc1cc(-c2ccccc2)c2ccc3c(-c4ccccc4)cc(CN)nc3c2n1. The summed E-state index contributed by atoms with van der Waals surface area (Å²) in [5.74, 6) is 0. The zero-order valence-corrected chi connectivity index (χ0v) is 16.5. The van der Waals surface area contributed by atoms with Gasteiger partial charge in [0.05, 0.1) is 22.4 Å². The van der Waals surface area contributed by atoms with Gasteiger partial charge in [-0.1, -0.05) is 72.8 Å². The number of pyridine rings is 2. The van der Waals surface area contributed by atoms with Crippen LogP contribution in [0.25, 0.3) is 44.1 Å². The van der Waals surface area contributed by atoms with Gasteiger partial charge in [-0.2, -0.15) is 0 Å². The van der Waals surface area contributed by atoms with E-state index in [0.717, 1.165) is 55.4 Å². The number of rotatable bonds is 4. The van der Waals surface area contributed by atoms with E-state index < -0.39 is 0 Å². The summed E-state index contributed by atoms with van der Waals surface area (Å²) in [5.41, 5.74) is 19.9. The number of hydrogen-bond acceptors (Lipinski definition) is 4. The Labute approximate surface area is 175 Å². The van der Waals surface area contributed by atoms with Crippen molar-refractivity contribution >= 4 is 21.8 Å². The molecule has 5 rings (SSSR count). The molecule has 0 aliphatic rings. The highest BCUT2D eigenvalue weighted by Crippen LogP contribution is 2.36. The highest BCUT2D eigenvalue weighted by Gasteiger charge is 2.15. The van der Waals surface area contributed by atoms with E-state index in [9.17, 15) is 0 Å². The number of benzene rings is 3. The molecule has 146 valence electrons. The second-order valence-electron chi connectivity index (χ2n) is 7.32. The molecular formula is C26H22N4. The molecule has 0 saturated heterocycles. The Morgan fingerprint density at radius 1 is 0.533 bits per heavy atom. The molecule has 0 bridgehead atoms. The van der Waals surface area contributed by atoms with Gasteiger partial charge in [0.2, 0.25) is 0 Å². The van der Waals surface area contributed by atoms with E-state index in [-0.39, 0.29) is 0 Å². The maximum atomic E-state index is 6.01. The first-order valence-electron chi connectivity index (χ1n) is 10.1. The third kappa shape index (κ3) is 3.12. The van der Waals surface area contributed by atoms with Gasteiger partial charge < -0.3 is 11.5 Å². The zero-order valence-electron chi connectivity index (χ0n) is 16.5. The normalized spacial score (nSPS) is 11.3. The molecule has 3 aromatic carbocycles. The van der Waals surface area contributed by atoms with Gasteiger partial charge in [0.25, 0.3) is 0 Å². The second-order valence-corrected chi connectivity index (χ2v) is 7.32. The Balaban J connectivity index is 1.90. The van der Waals surface area contributed by atoms with Crippen molar-refractivity contribution in [2.24, 2.45) is 11.5 Å². The molecule has 30 heavy (non-hydrogen) atoms. The summed E-state index contributed by atoms with van der Waals surface area (Å²) in [6, 6.07) is 29.1. The van der Waals surface area contributed by atoms with Crippen molar-refractivity contribution in [2.45, 2.75) is 13.1 Å². The summed E-state index contributed by atoms with van der Waals surface area (Å²) in [4.78, 5) is 9.78. The van der Waals surface area contributed by atoms with Crippen molar-refractivity contribution in [2.75, 3.05) is 0 Å². The fourth-order valence-corrected chi connectivity index (χ4v) is 4.00. The molecule has 5 aromatic rings. The van der Waals surface area contributed by atoms with E-state index in [4.69, 9.17) is 21.4 Å². The molecule has 0 aliphatic carbocycles. The molecule has 0 amide bonds. The molecule has 0 saturated carbocycles. The molecule has 0 spiro atoms. The van der Waals surface area contributed by atoms with Gasteiger partial charge in [0.1, 0.15) is 0 Å². The Bertz CT molecular complexity index is 1240. The van der Waals surface area contributed by atoms with Gasteiger partial charge >= 0.3 is 0 Å². The van der Waals surface area contributed by atoms with Crippen molar-refractivity contribution in [1.29, 1.82) is 0 Å². The summed E-state index contributed by atoms with van der Waals surface area (Å²) < 4.78 is 0. The number of nitrogens with zero attached hydrogens (tertiary/aromatic N) is 2.